The Hall–Kier alpha value is -3.48. The summed E-state index contributed by atoms with van der Waals surface area (Å²) in [5.74, 6) is -0.647. The Morgan fingerprint density at radius 1 is 1.08 bits per heavy atom. The summed E-state index contributed by atoms with van der Waals surface area (Å²) in [6, 6.07) is 16.7. The predicted octanol–water partition coefficient (Wildman–Crippen LogP) is 6.10. The normalized spacial score (nSPS) is 13.6. The second-order valence-electron chi connectivity index (χ2n) is 9.28. The summed E-state index contributed by atoms with van der Waals surface area (Å²) in [7, 11) is 0. The van der Waals surface area contributed by atoms with Gasteiger partial charge in [-0.3, -0.25) is 4.79 Å². The molecule has 4 aromatic rings. The maximum absolute atomic E-state index is 13.8. The Balaban J connectivity index is 1.83. The van der Waals surface area contributed by atoms with Crippen LogP contribution in [0.5, 0.6) is 0 Å². The van der Waals surface area contributed by atoms with Gasteiger partial charge in [0.2, 0.25) is 0 Å². The molecule has 2 aromatic heterocycles. The highest BCUT2D eigenvalue weighted by Gasteiger charge is 2.22. The van der Waals surface area contributed by atoms with Gasteiger partial charge in [-0.2, -0.15) is 0 Å². The number of fused-ring (bicyclic) bond motifs is 3. The molecule has 0 aliphatic rings. The number of nitrogens with zero attached hydrogens (tertiary/aromatic N) is 1. The molecule has 0 aliphatic carbocycles. The minimum absolute atomic E-state index is 0.00844. The standard InChI is InChI=1S/C30H32FNO4/c1-4-36-27(35)18-24(34)17-23(33)13-14-26-28(21-9-11-22(31)12-10-21)30-25-8-6-5-7-20(25)15-16-32(30)29(26)19(2)3/h5-16,19,23-24,33-34H,4,17-18H2,1-3H3/b14-13+. The highest BCUT2D eigenvalue weighted by Crippen LogP contribution is 2.40. The minimum Gasteiger partial charge on any atom is -0.466 e. The lowest BCUT2D eigenvalue weighted by molar-refractivity contribution is -0.145. The van der Waals surface area contributed by atoms with Crippen LogP contribution in [0.3, 0.4) is 0 Å². The van der Waals surface area contributed by atoms with Crippen molar-refractivity contribution < 1.29 is 24.1 Å². The van der Waals surface area contributed by atoms with E-state index in [1.807, 2.05) is 18.2 Å². The average molecular weight is 490 g/mol. The summed E-state index contributed by atoms with van der Waals surface area (Å²) in [4.78, 5) is 11.7. The molecule has 2 atom stereocenters. The zero-order chi connectivity index (χ0) is 25.8. The van der Waals surface area contributed by atoms with Gasteiger partial charge in [0.25, 0.3) is 0 Å². The van der Waals surface area contributed by atoms with Crippen molar-refractivity contribution in [3.05, 3.63) is 83.9 Å². The molecule has 0 amide bonds. The second-order valence-corrected chi connectivity index (χ2v) is 9.28. The SMILES string of the molecule is CCOC(=O)CC(O)CC(O)/C=C/c1c(-c2ccc(F)cc2)c2c3ccccc3ccn2c1C(C)C. The smallest absolute Gasteiger partial charge is 0.308 e. The molecule has 2 heterocycles. The Labute approximate surface area is 210 Å². The van der Waals surface area contributed by atoms with Crippen molar-refractivity contribution in [3.63, 3.8) is 0 Å². The average Bonchev–Trinajstić information content (AvgIpc) is 3.18. The van der Waals surface area contributed by atoms with E-state index in [1.54, 1.807) is 25.1 Å². The van der Waals surface area contributed by atoms with Gasteiger partial charge >= 0.3 is 5.97 Å². The fraction of sp³-hybridized carbons (Fsp3) is 0.300. The molecule has 2 N–H and O–H groups in total. The van der Waals surface area contributed by atoms with Crippen LogP contribution in [0.4, 0.5) is 4.39 Å². The van der Waals surface area contributed by atoms with E-state index in [4.69, 9.17) is 4.74 Å². The highest BCUT2D eigenvalue weighted by atomic mass is 19.1. The summed E-state index contributed by atoms with van der Waals surface area (Å²) in [5, 5.41) is 23.0. The van der Waals surface area contributed by atoms with Crippen molar-refractivity contribution in [2.24, 2.45) is 0 Å². The zero-order valence-electron chi connectivity index (χ0n) is 20.8. The van der Waals surface area contributed by atoms with Crippen molar-refractivity contribution in [1.29, 1.82) is 0 Å². The van der Waals surface area contributed by atoms with Crippen LogP contribution in [0.2, 0.25) is 0 Å². The maximum atomic E-state index is 13.8. The number of halogens is 1. The summed E-state index contributed by atoms with van der Waals surface area (Å²) in [6.07, 6.45) is 3.43. The van der Waals surface area contributed by atoms with Crippen LogP contribution in [0.25, 0.3) is 33.5 Å². The Morgan fingerprint density at radius 3 is 2.50 bits per heavy atom. The van der Waals surface area contributed by atoms with Gasteiger partial charge in [-0.1, -0.05) is 62.4 Å². The van der Waals surface area contributed by atoms with Crippen LogP contribution in [-0.4, -0.2) is 39.4 Å². The van der Waals surface area contributed by atoms with Gasteiger partial charge < -0.3 is 19.4 Å². The van der Waals surface area contributed by atoms with Crippen LogP contribution in [0.15, 0.2) is 66.9 Å². The molecule has 0 fully saturated rings. The van der Waals surface area contributed by atoms with E-state index in [0.29, 0.717) is 0 Å². The van der Waals surface area contributed by atoms with Gasteiger partial charge in [-0.15, -0.1) is 0 Å². The molecule has 188 valence electrons. The number of aliphatic hydroxyl groups excluding tert-OH is 2. The summed E-state index contributed by atoms with van der Waals surface area (Å²) >= 11 is 0. The summed E-state index contributed by atoms with van der Waals surface area (Å²) in [6.45, 7) is 6.18. The maximum Gasteiger partial charge on any atom is 0.308 e. The van der Waals surface area contributed by atoms with E-state index in [1.165, 1.54) is 12.1 Å². The lowest BCUT2D eigenvalue weighted by atomic mass is 9.95. The molecular weight excluding hydrogens is 457 g/mol. The van der Waals surface area contributed by atoms with E-state index in [0.717, 1.165) is 38.7 Å². The number of pyridine rings is 1. The topological polar surface area (TPSA) is 71.2 Å². The second kappa shape index (κ2) is 11.1. The van der Waals surface area contributed by atoms with Gasteiger partial charge in [0, 0.05) is 34.8 Å². The quantitative estimate of drug-likeness (QED) is 0.279. The van der Waals surface area contributed by atoms with Crippen molar-refractivity contribution in [2.75, 3.05) is 6.61 Å². The fourth-order valence-electron chi connectivity index (χ4n) is 4.79. The lowest BCUT2D eigenvalue weighted by Gasteiger charge is -2.13. The first-order valence-corrected chi connectivity index (χ1v) is 12.3. The first kappa shape index (κ1) is 25.6. The summed E-state index contributed by atoms with van der Waals surface area (Å²) < 4.78 is 20.9. The lowest BCUT2D eigenvalue weighted by Crippen LogP contribution is -2.20. The van der Waals surface area contributed by atoms with Crippen molar-refractivity contribution in [1.82, 2.24) is 4.40 Å². The molecule has 2 unspecified atom stereocenters. The van der Waals surface area contributed by atoms with E-state index in [9.17, 15) is 19.4 Å². The number of aromatic nitrogens is 1. The van der Waals surface area contributed by atoms with Gasteiger partial charge in [-0.25, -0.2) is 4.39 Å². The van der Waals surface area contributed by atoms with Crippen molar-refractivity contribution >= 4 is 28.3 Å². The van der Waals surface area contributed by atoms with Crippen LogP contribution in [0, 0.1) is 5.82 Å². The number of benzene rings is 2. The van der Waals surface area contributed by atoms with Crippen LogP contribution < -0.4 is 0 Å². The van der Waals surface area contributed by atoms with E-state index in [-0.39, 0.29) is 31.2 Å². The molecule has 0 aliphatic heterocycles. The Morgan fingerprint density at radius 2 is 1.81 bits per heavy atom. The van der Waals surface area contributed by atoms with Crippen molar-refractivity contribution in [3.8, 4) is 11.1 Å². The Kier molecular flexibility index (Phi) is 7.87. The molecule has 0 radical (unpaired) electrons. The molecule has 0 saturated carbocycles. The molecule has 0 bridgehead atoms. The van der Waals surface area contributed by atoms with Gasteiger partial charge in [-0.05, 0) is 42.0 Å². The van der Waals surface area contributed by atoms with Crippen molar-refractivity contribution in [2.45, 2.75) is 51.7 Å². The summed E-state index contributed by atoms with van der Waals surface area (Å²) in [5.41, 5.74) is 4.82. The van der Waals surface area contributed by atoms with E-state index < -0.39 is 18.2 Å². The predicted molar refractivity (Wildman–Crippen MR) is 141 cm³/mol. The number of ether oxygens (including phenoxy) is 1. The largest absolute Gasteiger partial charge is 0.466 e. The first-order chi connectivity index (χ1) is 17.3. The number of esters is 1. The molecule has 2 aromatic carbocycles. The molecule has 0 saturated heterocycles. The number of aliphatic hydroxyl groups is 2. The zero-order valence-corrected chi connectivity index (χ0v) is 20.8. The molecule has 0 spiro atoms. The highest BCUT2D eigenvalue weighted by molar-refractivity contribution is 6.06. The van der Waals surface area contributed by atoms with Crippen LogP contribution in [-0.2, 0) is 9.53 Å². The van der Waals surface area contributed by atoms with Gasteiger partial charge in [0.15, 0.2) is 0 Å². The fourth-order valence-corrected chi connectivity index (χ4v) is 4.79. The number of carbonyl (C=O) groups excluding carboxylic acids is 1. The molecule has 36 heavy (non-hydrogen) atoms. The van der Waals surface area contributed by atoms with E-state index >= 15 is 0 Å². The number of hydrogen-bond acceptors (Lipinski definition) is 4. The van der Waals surface area contributed by atoms with Gasteiger partial charge in [0.1, 0.15) is 5.82 Å². The monoisotopic (exact) mass is 489 g/mol. The minimum atomic E-state index is -1.01. The molecule has 6 heteroatoms. The third kappa shape index (κ3) is 5.35. The third-order valence-corrected chi connectivity index (χ3v) is 6.29. The Bertz CT molecular complexity index is 1390. The number of rotatable bonds is 9. The number of hydrogen-bond donors (Lipinski definition) is 2. The van der Waals surface area contributed by atoms with E-state index in [2.05, 4.69) is 42.6 Å². The van der Waals surface area contributed by atoms with Crippen LogP contribution in [0.1, 0.15) is 50.8 Å². The third-order valence-electron chi connectivity index (χ3n) is 6.29. The van der Waals surface area contributed by atoms with Gasteiger partial charge in [0.05, 0.1) is 30.8 Å². The molecule has 4 rings (SSSR count). The number of carbonyl (C=O) groups is 1. The first-order valence-electron chi connectivity index (χ1n) is 12.3. The van der Waals surface area contributed by atoms with Crippen LogP contribution >= 0.6 is 0 Å². The molecular formula is C30H32FNO4. The molecule has 5 nitrogen and oxygen atoms in total.